The second-order valence-corrected chi connectivity index (χ2v) is 6.30. The summed E-state index contributed by atoms with van der Waals surface area (Å²) in [5.74, 6) is -0.253. The van der Waals surface area contributed by atoms with Crippen molar-refractivity contribution in [2.75, 3.05) is 38.2 Å². The maximum absolute atomic E-state index is 12.9. The average molecular weight is 357 g/mol. The molecule has 1 aliphatic heterocycles. The number of urea groups is 1. The number of benzene rings is 2. The lowest BCUT2D eigenvalue weighted by atomic mass is 10.1. The SMILES string of the molecule is O=C(NCCc1ccc(F)cc1)Nc1ccccc1CN1CCOCC1. The van der Waals surface area contributed by atoms with E-state index in [4.69, 9.17) is 4.74 Å². The van der Waals surface area contributed by atoms with Gasteiger partial charge >= 0.3 is 6.03 Å². The Hall–Kier alpha value is -2.44. The van der Waals surface area contributed by atoms with E-state index in [-0.39, 0.29) is 11.8 Å². The van der Waals surface area contributed by atoms with Crippen molar-refractivity contribution in [2.24, 2.45) is 0 Å². The zero-order chi connectivity index (χ0) is 18.2. The number of amides is 2. The molecule has 2 aromatic carbocycles. The van der Waals surface area contributed by atoms with Crippen LogP contribution in [0.1, 0.15) is 11.1 Å². The number of nitrogens with one attached hydrogen (secondary N) is 2. The zero-order valence-corrected chi connectivity index (χ0v) is 14.7. The molecule has 2 N–H and O–H groups in total. The lowest BCUT2D eigenvalue weighted by Crippen LogP contribution is -2.36. The molecule has 0 saturated carbocycles. The summed E-state index contributed by atoms with van der Waals surface area (Å²) in [6, 6.07) is 13.9. The largest absolute Gasteiger partial charge is 0.379 e. The summed E-state index contributed by atoms with van der Waals surface area (Å²) in [6.45, 7) is 4.58. The van der Waals surface area contributed by atoms with Crippen LogP contribution in [0.4, 0.5) is 14.9 Å². The Kier molecular flexibility index (Phi) is 6.57. The highest BCUT2D eigenvalue weighted by Crippen LogP contribution is 2.17. The maximum Gasteiger partial charge on any atom is 0.319 e. The van der Waals surface area contributed by atoms with Gasteiger partial charge in [-0.2, -0.15) is 0 Å². The molecule has 0 aromatic heterocycles. The normalized spacial score (nSPS) is 14.8. The Morgan fingerprint density at radius 3 is 2.58 bits per heavy atom. The molecule has 0 bridgehead atoms. The topological polar surface area (TPSA) is 53.6 Å². The van der Waals surface area contributed by atoms with Crippen LogP contribution in [0.5, 0.6) is 0 Å². The van der Waals surface area contributed by atoms with Gasteiger partial charge < -0.3 is 15.4 Å². The molecule has 0 radical (unpaired) electrons. The lowest BCUT2D eigenvalue weighted by molar-refractivity contribution is 0.0343. The van der Waals surface area contributed by atoms with Crippen molar-refractivity contribution in [3.63, 3.8) is 0 Å². The van der Waals surface area contributed by atoms with Crippen molar-refractivity contribution >= 4 is 11.7 Å². The Morgan fingerprint density at radius 1 is 1.08 bits per heavy atom. The second kappa shape index (κ2) is 9.31. The van der Waals surface area contributed by atoms with Gasteiger partial charge in [0.15, 0.2) is 0 Å². The summed E-state index contributed by atoms with van der Waals surface area (Å²) in [7, 11) is 0. The van der Waals surface area contributed by atoms with Gasteiger partial charge in [0.2, 0.25) is 0 Å². The molecule has 1 heterocycles. The Bertz CT molecular complexity index is 715. The minimum Gasteiger partial charge on any atom is -0.379 e. The number of hydrogen-bond acceptors (Lipinski definition) is 3. The third-order valence-electron chi connectivity index (χ3n) is 4.38. The van der Waals surface area contributed by atoms with Crippen LogP contribution in [0.2, 0.25) is 0 Å². The van der Waals surface area contributed by atoms with Crippen molar-refractivity contribution in [1.82, 2.24) is 10.2 Å². The third-order valence-corrected chi connectivity index (χ3v) is 4.38. The summed E-state index contributed by atoms with van der Waals surface area (Å²) < 4.78 is 18.3. The standard InChI is InChI=1S/C20H24FN3O2/c21-18-7-5-16(6-8-18)9-10-22-20(25)23-19-4-2-1-3-17(19)15-24-11-13-26-14-12-24/h1-8H,9-15H2,(H2,22,23,25). The Morgan fingerprint density at radius 2 is 1.81 bits per heavy atom. The molecule has 0 aliphatic carbocycles. The molecule has 1 aliphatic rings. The fourth-order valence-electron chi connectivity index (χ4n) is 2.92. The Labute approximate surface area is 153 Å². The van der Waals surface area contributed by atoms with Crippen LogP contribution >= 0.6 is 0 Å². The molecule has 2 amide bonds. The predicted molar refractivity (Wildman–Crippen MR) is 99.7 cm³/mol. The first-order valence-corrected chi connectivity index (χ1v) is 8.88. The number of anilines is 1. The molecule has 5 nitrogen and oxygen atoms in total. The molecule has 0 spiro atoms. The summed E-state index contributed by atoms with van der Waals surface area (Å²) in [5.41, 5.74) is 2.89. The van der Waals surface area contributed by atoms with Crippen molar-refractivity contribution in [1.29, 1.82) is 0 Å². The maximum atomic E-state index is 12.9. The number of para-hydroxylation sites is 1. The molecular formula is C20H24FN3O2. The van der Waals surface area contributed by atoms with Crippen LogP contribution in [0, 0.1) is 5.82 Å². The molecule has 0 atom stereocenters. The van der Waals surface area contributed by atoms with Crippen molar-refractivity contribution in [3.05, 3.63) is 65.5 Å². The van der Waals surface area contributed by atoms with E-state index >= 15 is 0 Å². The second-order valence-electron chi connectivity index (χ2n) is 6.30. The summed E-state index contributed by atoms with van der Waals surface area (Å²) in [6.07, 6.45) is 0.656. The number of carbonyl (C=O) groups is 1. The molecule has 1 fully saturated rings. The first-order chi connectivity index (χ1) is 12.7. The molecule has 0 unspecified atom stereocenters. The van der Waals surface area contributed by atoms with E-state index in [1.807, 2.05) is 24.3 Å². The van der Waals surface area contributed by atoms with Crippen LogP contribution in [0.3, 0.4) is 0 Å². The Balaban J connectivity index is 1.49. The van der Waals surface area contributed by atoms with Crippen LogP contribution in [-0.2, 0) is 17.7 Å². The van der Waals surface area contributed by atoms with Gasteiger partial charge in [0, 0.05) is 31.9 Å². The molecular weight excluding hydrogens is 333 g/mol. The minimum absolute atomic E-state index is 0.235. The van der Waals surface area contributed by atoms with E-state index in [0.29, 0.717) is 13.0 Å². The smallest absolute Gasteiger partial charge is 0.319 e. The van der Waals surface area contributed by atoms with E-state index in [2.05, 4.69) is 15.5 Å². The fourth-order valence-corrected chi connectivity index (χ4v) is 2.92. The number of carbonyl (C=O) groups excluding carboxylic acids is 1. The van der Waals surface area contributed by atoms with Gasteiger partial charge in [-0.25, -0.2) is 9.18 Å². The molecule has 1 saturated heterocycles. The highest BCUT2D eigenvalue weighted by molar-refractivity contribution is 5.90. The highest BCUT2D eigenvalue weighted by atomic mass is 19.1. The van der Waals surface area contributed by atoms with Crippen LogP contribution in [-0.4, -0.2) is 43.8 Å². The fraction of sp³-hybridized carbons (Fsp3) is 0.350. The van der Waals surface area contributed by atoms with E-state index in [9.17, 15) is 9.18 Å². The summed E-state index contributed by atoms with van der Waals surface area (Å²) >= 11 is 0. The van der Waals surface area contributed by atoms with E-state index in [1.54, 1.807) is 12.1 Å². The van der Waals surface area contributed by atoms with Gasteiger partial charge in [-0.3, -0.25) is 4.90 Å². The number of hydrogen-bond donors (Lipinski definition) is 2. The van der Waals surface area contributed by atoms with Crippen molar-refractivity contribution in [2.45, 2.75) is 13.0 Å². The van der Waals surface area contributed by atoms with Crippen molar-refractivity contribution in [3.8, 4) is 0 Å². The van der Waals surface area contributed by atoms with Crippen LogP contribution in [0.25, 0.3) is 0 Å². The molecule has 3 rings (SSSR count). The van der Waals surface area contributed by atoms with Gasteiger partial charge in [0.05, 0.1) is 13.2 Å². The van der Waals surface area contributed by atoms with Gasteiger partial charge in [-0.1, -0.05) is 30.3 Å². The summed E-state index contributed by atoms with van der Waals surface area (Å²) in [5, 5.41) is 5.78. The lowest BCUT2D eigenvalue weighted by Gasteiger charge is -2.27. The van der Waals surface area contributed by atoms with E-state index in [0.717, 1.165) is 49.7 Å². The zero-order valence-electron chi connectivity index (χ0n) is 14.7. The molecule has 138 valence electrons. The number of rotatable bonds is 6. The number of ether oxygens (including phenoxy) is 1. The van der Waals surface area contributed by atoms with Crippen LogP contribution in [0.15, 0.2) is 48.5 Å². The predicted octanol–water partition coefficient (Wildman–Crippen LogP) is 3.02. The van der Waals surface area contributed by atoms with Crippen molar-refractivity contribution < 1.29 is 13.9 Å². The number of halogens is 1. The molecule has 26 heavy (non-hydrogen) atoms. The number of nitrogens with zero attached hydrogens (tertiary/aromatic N) is 1. The average Bonchev–Trinajstić information content (AvgIpc) is 2.66. The van der Waals surface area contributed by atoms with Gasteiger partial charge in [0.1, 0.15) is 5.82 Å². The van der Waals surface area contributed by atoms with E-state index < -0.39 is 0 Å². The quantitative estimate of drug-likeness (QED) is 0.836. The monoisotopic (exact) mass is 357 g/mol. The highest BCUT2D eigenvalue weighted by Gasteiger charge is 2.13. The van der Waals surface area contributed by atoms with E-state index in [1.165, 1.54) is 12.1 Å². The minimum atomic E-state index is -0.253. The number of morpholine rings is 1. The van der Waals surface area contributed by atoms with Gasteiger partial charge in [-0.15, -0.1) is 0 Å². The first-order valence-electron chi connectivity index (χ1n) is 8.88. The summed E-state index contributed by atoms with van der Waals surface area (Å²) in [4.78, 5) is 14.5. The van der Waals surface area contributed by atoms with Gasteiger partial charge in [0.25, 0.3) is 0 Å². The molecule has 2 aromatic rings. The third kappa shape index (κ3) is 5.54. The van der Waals surface area contributed by atoms with Gasteiger partial charge in [-0.05, 0) is 35.7 Å². The van der Waals surface area contributed by atoms with Crippen LogP contribution < -0.4 is 10.6 Å². The molecule has 6 heteroatoms. The first kappa shape index (κ1) is 18.4.